The lowest BCUT2D eigenvalue weighted by Crippen LogP contribution is -2.55. The Morgan fingerprint density at radius 3 is 1.67 bits per heavy atom. The molecule has 0 aliphatic carbocycles. The van der Waals surface area contributed by atoms with E-state index < -0.39 is 0 Å². The topological polar surface area (TPSA) is 16.8 Å². The van der Waals surface area contributed by atoms with Crippen molar-refractivity contribution in [1.82, 2.24) is 9.13 Å². The predicted molar refractivity (Wildman–Crippen MR) is 294 cm³/mol. The molecule has 8 aromatic carbocycles. The molecule has 0 saturated carbocycles. The van der Waals surface area contributed by atoms with Crippen LogP contribution in [0.25, 0.3) is 99.3 Å². The van der Waals surface area contributed by atoms with Gasteiger partial charge in [0.2, 0.25) is 5.69 Å². The number of hydrogen-bond donors (Lipinski definition) is 0. The van der Waals surface area contributed by atoms with Crippen molar-refractivity contribution in [3.63, 3.8) is 0 Å². The second kappa shape index (κ2) is 16.6. The maximum atomic E-state index is 4.46. The van der Waals surface area contributed by atoms with E-state index in [9.17, 15) is 0 Å². The van der Waals surface area contributed by atoms with Gasteiger partial charge in [0.25, 0.3) is 0 Å². The van der Waals surface area contributed by atoms with E-state index in [0.717, 1.165) is 42.9 Å². The lowest BCUT2D eigenvalue weighted by Gasteiger charge is -2.47. The molecule has 0 saturated heterocycles. The second-order valence-electron chi connectivity index (χ2n) is 19.5. The first-order chi connectivity index (χ1) is 34.5. The molecule has 2 aliphatic rings. The Bertz CT molecular complexity index is 3750. The number of benzene rings is 8. The molecule has 70 heavy (non-hydrogen) atoms. The average Bonchev–Trinajstić information content (AvgIpc) is 3.95. The summed E-state index contributed by atoms with van der Waals surface area (Å²) in [6, 6.07) is 70.7. The number of hydrogen-bond acceptors (Lipinski definition) is 0. The van der Waals surface area contributed by atoms with Crippen LogP contribution in [-0.2, 0) is 6.54 Å². The normalized spacial score (nSPS) is 18.4. The van der Waals surface area contributed by atoms with Gasteiger partial charge in [0.05, 0.1) is 44.3 Å². The molecule has 0 amide bonds. The minimum absolute atomic E-state index is 0.122. The fraction of sp³-hybridized carbons (Fsp3) is 0.152. The van der Waals surface area contributed by atoms with E-state index >= 15 is 0 Å². The predicted octanol–water partition coefficient (Wildman–Crippen LogP) is 15.8. The zero-order chi connectivity index (χ0) is 47.1. The van der Waals surface area contributed by atoms with Crippen LogP contribution >= 0.6 is 0 Å². The van der Waals surface area contributed by atoms with Crippen molar-refractivity contribution in [3.05, 3.63) is 224 Å². The van der Waals surface area contributed by atoms with Crippen molar-refractivity contribution in [2.24, 2.45) is 5.41 Å². The zero-order valence-electron chi connectivity index (χ0n) is 40.2. The summed E-state index contributed by atoms with van der Waals surface area (Å²) in [5, 5.41) is 7.56. The molecular formula is C66H56N4+2. The van der Waals surface area contributed by atoms with Gasteiger partial charge < -0.3 is 9.13 Å². The average molecular weight is 905 g/mol. The first-order valence-electron chi connectivity index (χ1n) is 25.2. The molecule has 0 radical (unpaired) electrons. The molecule has 13 rings (SSSR count). The molecule has 4 heteroatoms. The largest absolute Gasteiger partial charge is 0.309 e. The third-order valence-electron chi connectivity index (χ3n) is 16.3. The van der Waals surface area contributed by atoms with Crippen LogP contribution < -0.4 is 4.57 Å². The Labute approximate surface area is 410 Å². The summed E-state index contributed by atoms with van der Waals surface area (Å²) in [6.45, 7) is 13.3. The molecule has 3 unspecified atom stereocenters. The fourth-order valence-corrected chi connectivity index (χ4v) is 13.3. The molecule has 5 heterocycles. The number of nitrogens with zero attached hydrogens (tertiary/aromatic N) is 4. The van der Waals surface area contributed by atoms with E-state index in [0.29, 0.717) is 6.04 Å². The van der Waals surface area contributed by atoms with Crippen molar-refractivity contribution < 1.29 is 9.14 Å². The fourth-order valence-electron chi connectivity index (χ4n) is 13.3. The number of pyridine rings is 1. The van der Waals surface area contributed by atoms with Gasteiger partial charge in [-0.25, -0.2) is 4.58 Å². The van der Waals surface area contributed by atoms with Crippen molar-refractivity contribution in [2.45, 2.75) is 52.1 Å². The molecule has 338 valence electrons. The third-order valence-corrected chi connectivity index (χ3v) is 16.3. The van der Waals surface area contributed by atoms with Crippen LogP contribution in [0.1, 0.15) is 45.1 Å². The SMILES string of the molecule is C=CC1=CC[N+](=CC)C(CC)C1(CC)C1C[n+]2ccc3ccccc3c2-c2cc(-c3cccc(-c4cc(-n5c6ccccc6c6ccccc65)cc(-n5c6ccccc6c6ccccc65)c4)c3)ccc21. The van der Waals surface area contributed by atoms with Gasteiger partial charge in [-0.05, 0) is 112 Å². The van der Waals surface area contributed by atoms with Crippen LogP contribution in [0.2, 0.25) is 0 Å². The van der Waals surface area contributed by atoms with Gasteiger partial charge in [-0.3, -0.25) is 0 Å². The van der Waals surface area contributed by atoms with Crippen LogP contribution in [0.5, 0.6) is 0 Å². The van der Waals surface area contributed by atoms with Crippen LogP contribution in [0, 0.1) is 5.41 Å². The summed E-state index contributed by atoms with van der Waals surface area (Å²) in [6.07, 6.45) is 11.4. The van der Waals surface area contributed by atoms with Crippen molar-refractivity contribution in [3.8, 4) is 44.9 Å². The smallest absolute Gasteiger partial charge is 0.220 e. The zero-order valence-corrected chi connectivity index (χ0v) is 40.2. The summed E-state index contributed by atoms with van der Waals surface area (Å²) in [5.41, 5.74) is 17.1. The van der Waals surface area contributed by atoms with Crippen LogP contribution in [0.3, 0.4) is 0 Å². The van der Waals surface area contributed by atoms with E-state index in [1.807, 2.05) is 0 Å². The Hall–Kier alpha value is -8.08. The highest BCUT2D eigenvalue weighted by atomic mass is 15.1. The minimum atomic E-state index is -0.122. The molecule has 11 aromatic rings. The van der Waals surface area contributed by atoms with E-state index in [1.54, 1.807) is 0 Å². The molecule has 0 spiro atoms. The molecule has 0 fully saturated rings. The lowest BCUT2D eigenvalue weighted by atomic mass is 9.58. The Kier molecular flexibility index (Phi) is 9.95. The first-order valence-corrected chi connectivity index (χ1v) is 25.2. The standard InChI is InChI=1S/C66H56N4/c1-5-49-35-37-67(8-4)64(6-2)66(49,7-3)59-43-68-36-34-44-20-9-10-23-52(44)65(68)58-41-47(32-33-53(58)59)45-21-19-22-46(38-45)48-39-50(69-60-28-15-11-24-54(60)55-25-12-16-29-61(55)69)42-51(40-48)70-62-30-17-13-26-56(62)57-27-14-18-31-63(57)70/h5,8-36,38-42,59,64H,1,6-7,37,43H2,2-4H3/q+2. The first kappa shape index (κ1) is 42.1. The van der Waals surface area contributed by atoms with Gasteiger partial charge in [-0.1, -0.05) is 148 Å². The Morgan fingerprint density at radius 2 is 1.11 bits per heavy atom. The van der Waals surface area contributed by atoms with Gasteiger partial charge in [0, 0.05) is 52.3 Å². The summed E-state index contributed by atoms with van der Waals surface area (Å²) in [4.78, 5) is 0. The number of rotatable bonds is 8. The highest BCUT2D eigenvalue weighted by molar-refractivity contribution is 6.11. The van der Waals surface area contributed by atoms with Gasteiger partial charge in [-0.15, -0.1) is 0 Å². The molecule has 4 nitrogen and oxygen atoms in total. The summed E-state index contributed by atoms with van der Waals surface area (Å²) >= 11 is 0. The van der Waals surface area contributed by atoms with E-state index in [2.05, 4.69) is 258 Å². The minimum Gasteiger partial charge on any atom is -0.309 e. The number of para-hydroxylation sites is 4. The van der Waals surface area contributed by atoms with E-state index in [1.165, 1.54) is 93.5 Å². The summed E-state index contributed by atoms with van der Waals surface area (Å²) < 4.78 is 10.1. The molecule has 0 bridgehead atoms. The van der Waals surface area contributed by atoms with Crippen LogP contribution in [0.4, 0.5) is 0 Å². The Morgan fingerprint density at radius 1 is 0.571 bits per heavy atom. The van der Waals surface area contributed by atoms with E-state index in [4.69, 9.17) is 0 Å². The van der Waals surface area contributed by atoms with Crippen LogP contribution in [0.15, 0.2) is 219 Å². The van der Waals surface area contributed by atoms with Gasteiger partial charge in [0.15, 0.2) is 25.3 Å². The third kappa shape index (κ3) is 6.22. The van der Waals surface area contributed by atoms with Crippen molar-refractivity contribution in [2.75, 3.05) is 6.54 Å². The maximum Gasteiger partial charge on any atom is 0.220 e. The quantitative estimate of drug-likeness (QED) is 0.135. The molecule has 3 atom stereocenters. The lowest BCUT2D eigenvalue weighted by molar-refractivity contribution is -0.694. The highest BCUT2D eigenvalue weighted by Gasteiger charge is 2.56. The number of fused-ring (bicyclic) bond motifs is 11. The van der Waals surface area contributed by atoms with Gasteiger partial charge >= 0.3 is 0 Å². The van der Waals surface area contributed by atoms with Gasteiger partial charge in [-0.2, -0.15) is 4.57 Å². The molecule has 2 aliphatic heterocycles. The van der Waals surface area contributed by atoms with E-state index in [-0.39, 0.29) is 11.3 Å². The van der Waals surface area contributed by atoms with Gasteiger partial charge in [0.1, 0.15) is 6.21 Å². The number of allylic oxidation sites excluding steroid dienone is 1. The highest BCUT2D eigenvalue weighted by Crippen LogP contribution is 2.55. The van der Waals surface area contributed by atoms with Crippen LogP contribution in [-0.4, -0.2) is 32.5 Å². The monoisotopic (exact) mass is 904 g/mol. The molecular weight excluding hydrogens is 849 g/mol. The molecule has 0 N–H and O–H groups in total. The van der Waals surface area contributed by atoms with Crippen molar-refractivity contribution in [1.29, 1.82) is 0 Å². The van der Waals surface area contributed by atoms with Crippen molar-refractivity contribution >= 4 is 60.6 Å². The second-order valence-corrected chi connectivity index (χ2v) is 19.5. The number of aromatic nitrogens is 3. The Balaban J connectivity index is 1.02. The maximum absolute atomic E-state index is 4.46. The summed E-state index contributed by atoms with van der Waals surface area (Å²) in [7, 11) is 0. The molecule has 3 aromatic heterocycles. The summed E-state index contributed by atoms with van der Waals surface area (Å²) in [5.74, 6) is 0.242.